The van der Waals surface area contributed by atoms with E-state index in [4.69, 9.17) is 32.5 Å². The number of benzene rings is 1. The Kier molecular flexibility index (Phi) is 7.45. The van der Waals surface area contributed by atoms with E-state index in [2.05, 4.69) is 20.3 Å². The molecule has 0 atom stereocenters. The molecule has 14 heteroatoms. The van der Waals surface area contributed by atoms with Gasteiger partial charge < -0.3 is 14.6 Å². The Bertz CT molecular complexity index is 1300. The molecule has 1 amide bonds. The fourth-order valence-corrected chi connectivity index (χ4v) is 4.66. The molecule has 0 radical (unpaired) electrons. The van der Waals surface area contributed by atoms with Gasteiger partial charge in [0.25, 0.3) is 15.9 Å². The van der Waals surface area contributed by atoms with E-state index in [0.29, 0.717) is 32.0 Å². The largest absolute Gasteiger partial charge is 0.379 e. The molecule has 1 fully saturated rings. The third kappa shape index (κ3) is 5.54. The molecule has 0 saturated carbocycles. The summed E-state index contributed by atoms with van der Waals surface area (Å²) in [4.78, 5) is 16.7. The summed E-state index contributed by atoms with van der Waals surface area (Å²) in [5.74, 6) is -1.31. The molecule has 1 saturated heterocycles. The number of alkyl halides is 2. The highest BCUT2D eigenvalue weighted by atomic mass is 35.5. The Morgan fingerprint density at radius 1 is 1.15 bits per heavy atom. The quantitative estimate of drug-likeness (QED) is 0.447. The van der Waals surface area contributed by atoms with Crippen molar-refractivity contribution in [2.75, 3.05) is 31.6 Å². The van der Waals surface area contributed by atoms with Crippen LogP contribution in [-0.2, 0) is 19.6 Å². The molecule has 3 aromatic rings. The van der Waals surface area contributed by atoms with Crippen LogP contribution in [0.5, 0.6) is 0 Å². The molecule has 0 spiro atoms. The number of hydrogen-bond donors (Lipinski definition) is 2. The molecule has 4 rings (SSSR count). The molecule has 10 nitrogen and oxygen atoms in total. The van der Waals surface area contributed by atoms with Gasteiger partial charge in [0.05, 0.1) is 23.7 Å². The number of sulfonamides is 1. The first-order valence-electron chi connectivity index (χ1n) is 9.91. The van der Waals surface area contributed by atoms with Crippen LogP contribution >= 0.6 is 23.2 Å². The molecule has 34 heavy (non-hydrogen) atoms. The number of carbonyl (C=O) groups excluding carboxylic acids is 1. The number of aromatic nitrogens is 2. The van der Waals surface area contributed by atoms with Crippen LogP contribution in [0.1, 0.15) is 0 Å². The summed E-state index contributed by atoms with van der Waals surface area (Å²) in [5, 5.41) is 7.84. The van der Waals surface area contributed by atoms with Gasteiger partial charge in [-0.05, 0) is 24.3 Å². The number of halogens is 3. The first kappa shape index (κ1) is 24.5. The van der Waals surface area contributed by atoms with Crippen molar-refractivity contribution in [3.63, 3.8) is 0 Å². The van der Waals surface area contributed by atoms with Crippen LogP contribution in [0.2, 0.25) is 0 Å². The Morgan fingerprint density at radius 2 is 1.91 bits per heavy atom. The van der Waals surface area contributed by atoms with Crippen molar-refractivity contribution in [1.29, 1.82) is 0 Å². The maximum absolute atomic E-state index is 14.8. The van der Waals surface area contributed by atoms with Crippen LogP contribution in [0, 0.1) is 5.82 Å². The predicted octanol–water partition coefficient (Wildman–Crippen LogP) is 2.81. The van der Waals surface area contributed by atoms with Gasteiger partial charge in [0.2, 0.25) is 0 Å². The molecule has 2 N–H and O–H groups in total. The highest BCUT2D eigenvalue weighted by Crippen LogP contribution is 2.32. The minimum atomic E-state index is -4.13. The summed E-state index contributed by atoms with van der Waals surface area (Å²) in [5.41, 5.74) is 0.288. The van der Waals surface area contributed by atoms with Crippen LogP contribution in [0.3, 0.4) is 0 Å². The van der Waals surface area contributed by atoms with Crippen molar-refractivity contribution in [3.8, 4) is 22.7 Å². The Morgan fingerprint density at radius 3 is 2.65 bits per heavy atom. The Labute approximate surface area is 204 Å². The average molecular weight is 530 g/mol. The summed E-state index contributed by atoms with van der Waals surface area (Å²) < 4.78 is 51.4. The van der Waals surface area contributed by atoms with E-state index in [-0.39, 0.29) is 27.6 Å². The first-order chi connectivity index (χ1) is 16.2. The molecule has 0 bridgehead atoms. The Hall–Kier alpha value is -2.61. The third-order valence-corrected chi connectivity index (χ3v) is 6.58. The molecule has 1 aliphatic rings. The number of morpholine rings is 1. The minimum Gasteiger partial charge on any atom is -0.379 e. The summed E-state index contributed by atoms with van der Waals surface area (Å²) in [6.07, 6.45) is 1.40. The van der Waals surface area contributed by atoms with E-state index in [1.807, 2.05) is 0 Å². The zero-order valence-corrected chi connectivity index (χ0v) is 19.7. The van der Waals surface area contributed by atoms with E-state index >= 15 is 0 Å². The zero-order chi connectivity index (χ0) is 24.3. The summed E-state index contributed by atoms with van der Waals surface area (Å²) in [6.45, 7) is 1.44. The number of ether oxygens (including phenoxy) is 1. The minimum absolute atomic E-state index is 0.0479. The number of carbonyl (C=O) groups is 1. The third-order valence-electron chi connectivity index (χ3n) is 4.77. The van der Waals surface area contributed by atoms with Gasteiger partial charge in [-0.3, -0.25) is 9.78 Å². The maximum Gasteiger partial charge on any atom is 0.257 e. The van der Waals surface area contributed by atoms with Gasteiger partial charge in [-0.2, -0.15) is 0 Å². The number of nitrogens with zero attached hydrogens (tertiary/aromatic N) is 3. The van der Waals surface area contributed by atoms with Crippen molar-refractivity contribution in [3.05, 3.63) is 48.4 Å². The first-order valence-corrected chi connectivity index (χ1v) is 12.3. The number of rotatable bonds is 7. The SMILES string of the molecule is O=C(Nc1ccnc(-c2cc(-c3c(F)cccc3S(=O)(=O)NN3CCOCC3)no2)c1)C(Cl)Cl. The van der Waals surface area contributed by atoms with Gasteiger partial charge >= 0.3 is 0 Å². The van der Waals surface area contributed by atoms with Crippen molar-refractivity contribution in [1.82, 2.24) is 20.0 Å². The number of amides is 1. The second-order valence-corrected chi connectivity index (χ2v) is 9.83. The number of hydrogen-bond acceptors (Lipinski definition) is 8. The number of nitrogens with one attached hydrogen (secondary N) is 2. The summed E-state index contributed by atoms with van der Waals surface area (Å²) >= 11 is 11.1. The van der Waals surface area contributed by atoms with Gasteiger partial charge in [-0.1, -0.05) is 34.4 Å². The van der Waals surface area contributed by atoms with Crippen LogP contribution in [0.4, 0.5) is 10.1 Å². The van der Waals surface area contributed by atoms with Gasteiger partial charge in [0.15, 0.2) is 10.6 Å². The van der Waals surface area contributed by atoms with E-state index < -0.39 is 26.6 Å². The summed E-state index contributed by atoms with van der Waals surface area (Å²) in [6, 6.07) is 8.03. The van der Waals surface area contributed by atoms with Crippen LogP contribution in [-0.4, -0.2) is 60.6 Å². The van der Waals surface area contributed by atoms with Crippen molar-refractivity contribution in [2.45, 2.75) is 9.73 Å². The molecule has 180 valence electrons. The second-order valence-electron chi connectivity index (χ2n) is 7.10. The standard InChI is InChI=1S/C20H18Cl2FN5O5S/c21-19(22)20(29)25-12-4-5-24-14(10-12)16-11-15(26-33-16)18-13(23)2-1-3-17(18)34(30,31)27-28-6-8-32-9-7-28/h1-5,10-11,19,27H,6-9H2,(H,24,25,29). The van der Waals surface area contributed by atoms with Crippen molar-refractivity contribution >= 4 is 44.8 Å². The van der Waals surface area contributed by atoms with Crippen molar-refractivity contribution < 1.29 is 26.9 Å². The van der Waals surface area contributed by atoms with Gasteiger partial charge in [-0.25, -0.2) is 17.8 Å². The number of anilines is 1. The number of hydrazine groups is 1. The molecule has 2 aromatic heterocycles. The smallest absolute Gasteiger partial charge is 0.257 e. The van der Waals surface area contributed by atoms with Crippen LogP contribution in [0.25, 0.3) is 22.7 Å². The Balaban J connectivity index is 1.65. The average Bonchev–Trinajstić information content (AvgIpc) is 3.29. The van der Waals surface area contributed by atoms with Crippen molar-refractivity contribution in [2.24, 2.45) is 0 Å². The van der Waals surface area contributed by atoms with E-state index in [1.165, 1.54) is 41.5 Å². The fourth-order valence-electron chi connectivity index (χ4n) is 3.20. The highest BCUT2D eigenvalue weighted by Gasteiger charge is 2.27. The molecule has 1 aliphatic heterocycles. The lowest BCUT2D eigenvalue weighted by Gasteiger charge is -2.27. The second kappa shape index (κ2) is 10.3. The normalized spacial score (nSPS) is 14.9. The lowest BCUT2D eigenvalue weighted by molar-refractivity contribution is -0.114. The van der Waals surface area contributed by atoms with E-state index in [0.717, 1.165) is 6.07 Å². The molecule has 0 unspecified atom stereocenters. The van der Waals surface area contributed by atoms with Gasteiger partial charge in [0.1, 0.15) is 17.2 Å². The topological polar surface area (TPSA) is 127 Å². The molecular formula is C20H18Cl2FN5O5S. The molecular weight excluding hydrogens is 512 g/mol. The van der Waals surface area contributed by atoms with Gasteiger partial charge in [0, 0.05) is 31.0 Å². The maximum atomic E-state index is 14.8. The van der Waals surface area contributed by atoms with Gasteiger partial charge in [-0.15, -0.1) is 4.83 Å². The molecule has 3 heterocycles. The zero-order valence-electron chi connectivity index (χ0n) is 17.4. The van der Waals surface area contributed by atoms with Crippen LogP contribution in [0.15, 0.2) is 52.0 Å². The molecule has 1 aromatic carbocycles. The predicted molar refractivity (Wildman–Crippen MR) is 122 cm³/mol. The highest BCUT2D eigenvalue weighted by molar-refractivity contribution is 7.89. The van der Waals surface area contributed by atoms with E-state index in [9.17, 15) is 17.6 Å². The number of pyridine rings is 1. The lowest BCUT2D eigenvalue weighted by atomic mass is 10.1. The molecule has 0 aliphatic carbocycles. The van der Waals surface area contributed by atoms with E-state index in [1.54, 1.807) is 0 Å². The monoisotopic (exact) mass is 529 g/mol. The van der Waals surface area contributed by atoms with Crippen LogP contribution < -0.4 is 10.1 Å². The summed E-state index contributed by atoms with van der Waals surface area (Å²) in [7, 11) is -4.13. The lowest BCUT2D eigenvalue weighted by Crippen LogP contribution is -2.48. The fraction of sp³-hybridized carbons (Fsp3) is 0.250.